The zero-order valence-electron chi connectivity index (χ0n) is 8.80. The molecule has 0 spiro atoms. The number of benzene rings is 1. The van der Waals surface area contributed by atoms with Gasteiger partial charge in [0.2, 0.25) is 0 Å². The summed E-state index contributed by atoms with van der Waals surface area (Å²) in [5.41, 5.74) is 0.437. The second-order valence-corrected chi connectivity index (χ2v) is 4.85. The van der Waals surface area contributed by atoms with E-state index in [0.717, 1.165) is 25.0 Å². The Hall–Kier alpha value is -1.27. The van der Waals surface area contributed by atoms with Crippen LogP contribution in [0.4, 0.5) is 0 Å². The quantitative estimate of drug-likeness (QED) is 0.616. The van der Waals surface area contributed by atoms with Gasteiger partial charge in [0.1, 0.15) is 21.6 Å². The fourth-order valence-electron chi connectivity index (χ4n) is 1.37. The Morgan fingerprint density at radius 1 is 1.25 bits per heavy atom. The second-order valence-electron chi connectivity index (χ2n) is 3.51. The Morgan fingerprint density at radius 2 is 1.88 bits per heavy atom. The van der Waals surface area contributed by atoms with E-state index in [4.69, 9.17) is 0 Å². The highest BCUT2D eigenvalue weighted by Gasteiger charge is 2.13. The van der Waals surface area contributed by atoms with Gasteiger partial charge in [-0.25, -0.2) is 8.42 Å². The summed E-state index contributed by atoms with van der Waals surface area (Å²) in [6, 6.07) is 1.92. The summed E-state index contributed by atoms with van der Waals surface area (Å²) in [6.07, 6.45) is 2.23. The third-order valence-corrected chi connectivity index (χ3v) is 3.09. The first-order valence-corrected chi connectivity index (χ1v) is 6.27. The van der Waals surface area contributed by atoms with Gasteiger partial charge >= 0.3 is 0 Å². The summed E-state index contributed by atoms with van der Waals surface area (Å²) in [6.45, 7) is 1.97. The third-order valence-electron chi connectivity index (χ3n) is 2.23. The average Bonchev–Trinajstić information content (AvgIpc) is 2.17. The van der Waals surface area contributed by atoms with Crippen LogP contribution in [-0.4, -0.2) is 23.2 Å². The lowest BCUT2D eigenvalue weighted by molar-refractivity contribution is 0.424. The van der Waals surface area contributed by atoms with Crippen LogP contribution in [-0.2, 0) is 16.5 Å². The van der Waals surface area contributed by atoms with E-state index < -0.39 is 20.8 Å². The molecule has 0 amide bonds. The van der Waals surface area contributed by atoms with Gasteiger partial charge in [0, 0.05) is 6.07 Å². The van der Waals surface area contributed by atoms with Gasteiger partial charge in [0.15, 0.2) is 0 Å². The van der Waals surface area contributed by atoms with Gasteiger partial charge in [-0.15, -0.1) is 0 Å². The highest BCUT2D eigenvalue weighted by molar-refractivity contribution is 7.85. The van der Waals surface area contributed by atoms with Crippen LogP contribution in [0.3, 0.4) is 0 Å². The molecule has 1 rings (SSSR count). The maximum atomic E-state index is 10.7. The van der Waals surface area contributed by atoms with Crippen LogP contribution in [0.2, 0.25) is 0 Å². The highest BCUT2D eigenvalue weighted by Crippen LogP contribution is 2.31. The zero-order valence-corrected chi connectivity index (χ0v) is 9.62. The molecule has 0 aliphatic heterocycles. The van der Waals surface area contributed by atoms with Gasteiger partial charge in [0.25, 0.3) is 0 Å². The molecule has 0 aromatic heterocycles. The Kier molecular flexibility index (Phi) is 3.77. The first-order chi connectivity index (χ1) is 7.36. The van der Waals surface area contributed by atoms with Crippen LogP contribution in [0.1, 0.15) is 25.3 Å². The van der Waals surface area contributed by atoms with Crippen molar-refractivity contribution in [3.63, 3.8) is 0 Å². The molecular weight excluding hydrogens is 232 g/mol. The molecule has 0 aliphatic carbocycles. The Bertz CT molecular complexity index is 478. The van der Waals surface area contributed by atoms with Gasteiger partial charge in [-0.05, 0) is 24.5 Å². The van der Waals surface area contributed by atoms with E-state index in [0.29, 0.717) is 12.0 Å². The van der Waals surface area contributed by atoms with Crippen molar-refractivity contribution in [1.82, 2.24) is 0 Å². The van der Waals surface area contributed by atoms with Crippen molar-refractivity contribution in [3.8, 4) is 11.5 Å². The summed E-state index contributed by atoms with van der Waals surface area (Å²) in [4.78, 5) is -0.787. The van der Waals surface area contributed by atoms with Crippen LogP contribution in [0.25, 0.3) is 0 Å². The van der Waals surface area contributed by atoms with E-state index in [9.17, 15) is 23.2 Å². The standard InChI is InChI=1S/C10H14O5S/c1-2-3-4-7-5-9(12)10(6-8(7)11)16(13,14)15/h5-6,11-12H,2-4H2,1H3,(H,13,14,15)/p-1. The molecule has 5 nitrogen and oxygen atoms in total. The van der Waals surface area contributed by atoms with Crippen molar-refractivity contribution >= 4 is 10.1 Å². The summed E-state index contributed by atoms with van der Waals surface area (Å²) >= 11 is 0. The Morgan fingerprint density at radius 3 is 2.38 bits per heavy atom. The lowest BCUT2D eigenvalue weighted by Gasteiger charge is -2.12. The first kappa shape index (κ1) is 12.8. The van der Waals surface area contributed by atoms with Crippen LogP contribution in [0, 0.1) is 0 Å². The van der Waals surface area contributed by atoms with Crippen molar-refractivity contribution in [1.29, 1.82) is 0 Å². The SMILES string of the molecule is CCCCc1cc(O)c(S(=O)(=O)[O-])cc1O. The minimum absolute atomic E-state index is 0.277. The highest BCUT2D eigenvalue weighted by atomic mass is 32.2. The molecule has 0 fully saturated rings. The van der Waals surface area contributed by atoms with Crippen molar-refractivity contribution in [2.45, 2.75) is 31.1 Å². The number of hydrogen-bond donors (Lipinski definition) is 2. The molecule has 16 heavy (non-hydrogen) atoms. The maximum Gasteiger partial charge on any atom is 0.133 e. The van der Waals surface area contributed by atoms with Crippen molar-refractivity contribution < 1.29 is 23.2 Å². The van der Waals surface area contributed by atoms with E-state index in [1.54, 1.807) is 0 Å². The van der Waals surface area contributed by atoms with E-state index >= 15 is 0 Å². The fourth-order valence-corrected chi connectivity index (χ4v) is 1.94. The predicted molar refractivity (Wildman–Crippen MR) is 56.3 cm³/mol. The molecule has 1 aromatic carbocycles. The molecule has 0 saturated carbocycles. The number of phenols is 2. The summed E-state index contributed by atoms with van der Waals surface area (Å²) in [7, 11) is -4.75. The summed E-state index contributed by atoms with van der Waals surface area (Å²) in [5, 5.41) is 18.9. The molecule has 0 radical (unpaired) electrons. The van der Waals surface area contributed by atoms with E-state index in [2.05, 4.69) is 0 Å². The lowest BCUT2D eigenvalue weighted by atomic mass is 10.1. The van der Waals surface area contributed by atoms with Crippen molar-refractivity contribution in [2.75, 3.05) is 0 Å². The topological polar surface area (TPSA) is 97.7 Å². The molecule has 90 valence electrons. The zero-order chi connectivity index (χ0) is 12.3. The molecule has 6 heteroatoms. The lowest BCUT2D eigenvalue weighted by Crippen LogP contribution is -2.00. The minimum atomic E-state index is -4.75. The van der Waals surface area contributed by atoms with E-state index in [1.807, 2.05) is 6.92 Å². The average molecular weight is 245 g/mol. The fraction of sp³-hybridized carbons (Fsp3) is 0.400. The molecular formula is C10H13O5S-. The van der Waals surface area contributed by atoms with E-state index in [-0.39, 0.29) is 5.75 Å². The van der Waals surface area contributed by atoms with Gasteiger partial charge < -0.3 is 14.8 Å². The van der Waals surface area contributed by atoms with Gasteiger partial charge in [-0.1, -0.05) is 13.3 Å². The van der Waals surface area contributed by atoms with Crippen LogP contribution in [0.5, 0.6) is 11.5 Å². The molecule has 0 bridgehead atoms. The monoisotopic (exact) mass is 245 g/mol. The number of phenolic OH excluding ortho intramolecular Hbond substituents is 2. The molecule has 0 aliphatic rings. The van der Waals surface area contributed by atoms with Crippen molar-refractivity contribution in [3.05, 3.63) is 17.7 Å². The maximum absolute atomic E-state index is 10.7. The number of unbranched alkanes of at least 4 members (excludes halogenated alkanes) is 1. The molecule has 2 N–H and O–H groups in total. The largest absolute Gasteiger partial charge is 0.744 e. The first-order valence-electron chi connectivity index (χ1n) is 4.87. The van der Waals surface area contributed by atoms with Crippen LogP contribution >= 0.6 is 0 Å². The summed E-state index contributed by atoms with van der Waals surface area (Å²) in [5.74, 6) is -0.889. The molecule has 1 aromatic rings. The number of aryl methyl sites for hydroxylation is 1. The Balaban J connectivity index is 3.17. The normalized spacial score (nSPS) is 11.6. The summed E-state index contributed by atoms with van der Waals surface area (Å²) < 4.78 is 32.1. The molecule has 0 unspecified atom stereocenters. The van der Waals surface area contributed by atoms with Crippen molar-refractivity contribution in [2.24, 2.45) is 0 Å². The molecule has 0 atom stereocenters. The minimum Gasteiger partial charge on any atom is -0.744 e. The number of aromatic hydroxyl groups is 2. The van der Waals surface area contributed by atoms with Crippen LogP contribution < -0.4 is 0 Å². The van der Waals surface area contributed by atoms with E-state index in [1.165, 1.54) is 0 Å². The molecule has 0 saturated heterocycles. The molecule has 0 heterocycles. The van der Waals surface area contributed by atoms with Crippen LogP contribution in [0.15, 0.2) is 17.0 Å². The second kappa shape index (κ2) is 4.71. The van der Waals surface area contributed by atoms with Gasteiger partial charge in [-0.3, -0.25) is 0 Å². The smallest absolute Gasteiger partial charge is 0.133 e. The predicted octanol–water partition coefficient (Wildman–Crippen LogP) is 1.34. The number of rotatable bonds is 4. The number of hydrogen-bond acceptors (Lipinski definition) is 5. The third kappa shape index (κ3) is 2.86. The Labute approximate surface area is 94.1 Å². The van der Waals surface area contributed by atoms with Gasteiger partial charge in [-0.2, -0.15) is 0 Å². The van der Waals surface area contributed by atoms with Gasteiger partial charge in [0.05, 0.1) is 4.90 Å².